The Kier molecular flexibility index (Phi) is 7.71. The lowest BCUT2D eigenvalue weighted by molar-refractivity contribution is -0.141. The van der Waals surface area contributed by atoms with Crippen LogP contribution in [0, 0.1) is 17.8 Å². The minimum atomic E-state index is -0.841. The molecular weight excluding hydrogens is 506 g/mol. The van der Waals surface area contributed by atoms with Gasteiger partial charge in [0.2, 0.25) is 17.4 Å². The van der Waals surface area contributed by atoms with Crippen LogP contribution in [0.1, 0.15) is 62.2 Å². The summed E-state index contributed by atoms with van der Waals surface area (Å²) in [7, 11) is 0. The number of hydrogen-bond donors (Lipinski definition) is 3. The summed E-state index contributed by atoms with van der Waals surface area (Å²) in [5.41, 5.74) is 1.99. The maximum absolute atomic E-state index is 13.1. The molecule has 2 saturated carbocycles. The smallest absolute Gasteiger partial charge is 0.248 e. The van der Waals surface area contributed by atoms with Gasteiger partial charge in [-0.3, -0.25) is 19.3 Å². The Hall–Kier alpha value is -3.49. The molecule has 8 nitrogen and oxygen atoms in total. The van der Waals surface area contributed by atoms with Crippen LogP contribution in [0.15, 0.2) is 59.4 Å². The molecule has 8 heteroatoms. The molecule has 6 rings (SSSR count). The summed E-state index contributed by atoms with van der Waals surface area (Å²) in [6, 6.07) is 16.5. The van der Waals surface area contributed by atoms with E-state index in [2.05, 4.69) is 10.3 Å². The first-order valence-electron chi connectivity index (χ1n) is 14.6. The number of H-pyrrole nitrogens is 1. The van der Waals surface area contributed by atoms with E-state index in [1.165, 1.54) is 25.3 Å². The van der Waals surface area contributed by atoms with E-state index in [9.17, 15) is 19.5 Å². The maximum Gasteiger partial charge on any atom is 0.248 e. The number of likely N-dealkylation sites (tertiary alicyclic amines) is 1. The molecular formula is C32H37N3O5. The van der Waals surface area contributed by atoms with Gasteiger partial charge in [-0.05, 0) is 54.9 Å². The second-order valence-electron chi connectivity index (χ2n) is 11.6. The Balaban J connectivity index is 1.09. The predicted octanol–water partition coefficient (Wildman–Crippen LogP) is 4.07. The van der Waals surface area contributed by atoms with E-state index in [1.54, 1.807) is 17.0 Å². The van der Waals surface area contributed by atoms with Crippen molar-refractivity contribution in [3.63, 3.8) is 0 Å². The number of ether oxygens (including phenoxy) is 1. The SMILES string of the molecule is O=C1[C@H]2CC(NC[C@H](O)c3ccc(OCc4ccccc4)c4[nH]c(=O)ccc34)C[C@H]2C(=O)N1CC1CCCCC1. The monoisotopic (exact) mass is 543 g/mol. The van der Waals surface area contributed by atoms with Gasteiger partial charge < -0.3 is 20.1 Å². The van der Waals surface area contributed by atoms with E-state index < -0.39 is 6.10 Å². The number of hydrogen-bond acceptors (Lipinski definition) is 6. The van der Waals surface area contributed by atoms with E-state index in [0.29, 0.717) is 54.1 Å². The van der Waals surface area contributed by atoms with Crippen molar-refractivity contribution in [1.29, 1.82) is 0 Å². The molecule has 0 spiro atoms. The van der Waals surface area contributed by atoms with Crippen LogP contribution in [-0.2, 0) is 16.2 Å². The van der Waals surface area contributed by atoms with Crippen molar-refractivity contribution in [2.75, 3.05) is 13.1 Å². The van der Waals surface area contributed by atoms with Gasteiger partial charge in [-0.1, -0.05) is 55.7 Å². The molecule has 1 aliphatic heterocycles. The molecule has 2 aliphatic carbocycles. The van der Waals surface area contributed by atoms with Gasteiger partial charge in [0.15, 0.2) is 0 Å². The fraction of sp³-hybridized carbons (Fsp3) is 0.469. The summed E-state index contributed by atoms with van der Waals surface area (Å²) in [5, 5.41) is 15.3. The topological polar surface area (TPSA) is 112 Å². The first kappa shape index (κ1) is 26.7. The molecule has 3 N–H and O–H groups in total. The lowest BCUT2D eigenvalue weighted by atomic mass is 9.89. The summed E-state index contributed by atoms with van der Waals surface area (Å²) in [6.45, 7) is 1.22. The third kappa shape index (κ3) is 5.43. The summed E-state index contributed by atoms with van der Waals surface area (Å²) in [4.78, 5) is 42.8. The van der Waals surface area contributed by atoms with Crippen LogP contribution in [0.3, 0.4) is 0 Å². The van der Waals surface area contributed by atoms with Gasteiger partial charge in [0.1, 0.15) is 12.4 Å². The number of rotatable bonds is 9. The minimum absolute atomic E-state index is 0.00562. The predicted molar refractivity (Wildman–Crippen MR) is 152 cm³/mol. The molecule has 1 aromatic heterocycles. The lowest BCUT2D eigenvalue weighted by Crippen LogP contribution is -2.39. The Morgan fingerprint density at radius 1 is 0.925 bits per heavy atom. The van der Waals surface area contributed by atoms with E-state index in [1.807, 2.05) is 36.4 Å². The number of amides is 2. The number of aromatic amines is 1. The number of aliphatic hydroxyl groups is 1. The number of aliphatic hydroxyl groups excluding tert-OH is 1. The van der Waals surface area contributed by atoms with Crippen molar-refractivity contribution in [2.24, 2.45) is 17.8 Å². The van der Waals surface area contributed by atoms with Crippen molar-refractivity contribution in [2.45, 2.75) is 63.7 Å². The number of nitrogens with one attached hydrogen (secondary N) is 2. The van der Waals surface area contributed by atoms with Gasteiger partial charge in [0, 0.05) is 30.6 Å². The van der Waals surface area contributed by atoms with Crippen LogP contribution in [0.2, 0.25) is 0 Å². The summed E-state index contributed by atoms with van der Waals surface area (Å²) >= 11 is 0. The van der Waals surface area contributed by atoms with Crippen LogP contribution in [0.25, 0.3) is 10.9 Å². The van der Waals surface area contributed by atoms with Crippen LogP contribution in [0.4, 0.5) is 0 Å². The fourth-order valence-corrected chi connectivity index (χ4v) is 6.85. The molecule has 0 bridgehead atoms. The normalized spacial score (nSPS) is 24.0. The van der Waals surface area contributed by atoms with Gasteiger partial charge in [0.05, 0.1) is 23.5 Å². The first-order chi connectivity index (χ1) is 19.5. The number of benzene rings is 2. The van der Waals surface area contributed by atoms with Crippen molar-refractivity contribution in [3.8, 4) is 5.75 Å². The number of imide groups is 1. The highest BCUT2D eigenvalue weighted by atomic mass is 16.5. The number of pyridine rings is 1. The number of aromatic nitrogens is 1. The fourth-order valence-electron chi connectivity index (χ4n) is 6.85. The van der Waals surface area contributed by atoms with Crippen molar-refractivity contribution >= 4 is 22.7 Å². The molecule has 3 fully saturated rings. The molecule has 3 aliphatic rings. The number of carbonyl (C=O) groups is 2. The van der Waals surface area contributed by atoms with Crippen molar-refractivity contribution in [1.82, 2.24) is 15.2 Å². The summed E-state index contributed by atoms with van der Waals surface area (Å²) in [5.74, 6) is 0.469. The van der Waals surface area contributed by atoms with Crippen LogP contribution < -0.4 is 15.6 Å². The van der Waals surface area contributed by atoms with Crippen LogP contribution in [-0.4, -0.2) is 45.9 Å². The van der Waals surface area contributed by atoms with E-state index >= 15 is 0 Å². The largest absolute Gasteiger partial charge is 0.487 e. The molecule has 2 aromatic carbocycles. The molecule has 4 atom stereocenters. The standard InChI is InChI=1S/C32H37N3O5/c36-27(17-33-22-15-25-26(16-22)32(39)35(31(25)38)18-20-7-3-1-4-8-20)23-11-13-28(30-24(23)12-14-29(37)34-30)40-19-21-9-5-2-6-10-21/h2,5-6,9-14,20,22,25-27,33,36H,1,3-4,7-8,15-19H2,(H,34,37)/t22?,25-,26+,27-/m0/s1. The van der Waals surface area contributed by atoms with Crippen LogP contribution >= 0.6 is 0 Å². The van der Waals surface area contributed by atoms with Gasteiger partial charge >= 0.3 is 0 Å². The zero-order valence-electron chi connectivity index (χ0n) is 22.7. The molecule has 210 valence electrons. The molecule has 2 amide bonds. The third-order valence-electron chi connectivity index (χ3n) is 8.98. The van der Waals surface area contributed by atoms with Crippen molar-refractivity contribution < 1.29 is 19.4 Å². The summed E-state index contributed by atoms with van der Waals surface area (Å²) in [6.07, 6.45) is 6.24. The van der Waals surface area contributed by atoms with Gasteiger partial charge in [0.25, 0.3) is 0 Å². The Bertz CT molecular complexity index is 1410. The highest BCUT2D eigenvalue weighted by Gasteiger charge is 2.52. The van der Waals surface area contributed by atoms with Gasteiger partial charge in [-0.25, -0.2) is 0 Å². The van der Waals surface area contributed by atoms with Crippen LogP contribution in [0.5, 0.6) is 5.75 Å². The van der Waals surface area contributed by atoms with E-state index in [-0.39, 0.29) is 41.8 Å². The minimum Gasteiger partial charge on any atom is -0.487 e. The summed E-state index contributed by atoms with van der Waals surface area (Å²) < 4.78 is 6.02. The number of carbonyl (C=O) groups excluding carboxylic acids is 2. The number of fused-ring (bicyclic) bond motifs is 2. The van der Waals surface area contributed by atoms with Gasteiger partial charge in [-0.2, -0.15) is 0 Å². The third-order valence-corrected chi connectivity index (χ3v) is 8.98. The quantitative estimate of drug-likeness (QED) is 0.351. The van der Waals surface area contributed by atoms with E-state index in [4.69, 9.17) is 4.74 Å². The Labute approximate surface area is 233 Å². The second-order valence-corrected chi connectivity index (χ2v) is 11.6. The van der Waals surface area contributed by atoms with Crippen molar-refractivity contribution in [3.05, 3.63) is 76.1 Å². The Morgan fingerprint density at radius 2 is 1.65 bits per heavy atom. The molecule has 1 unspecified atom stereocenters. The lowest BCUT2D eigenvalue weighted by Gasteiger charge is -2.27. The zero-order chi connectivity index (χ0) is 27.6. The van der Waals surface area contributed by atoms with Gasteiger partial charge in [-0.15, -0.1) is 0 Å². The van der Waals surface area contributed by atoms with E-state index in [0.717, 1.165) is 18.4 Å². The average Bonchev–Trinajstić information content (AvgIpc) is 3.50. The zero-order valence-corrected chi connectivity index (χ0v) is 22.7. The molecule has 3 aromatic rings. The Morgan fingerprint density at radius 3 is 2.38 bits per heavy atom. The first-order valence-corrected chi connectivity index (χ1v) is 14.6. The highest BCUT2D eigenvalue weighted by Crippen LogP contribution is 2.41. The highest BCUT2D eigenvalue weighted by molar-refractivity contribution is 6.05. The molecule has 2 heterocycles. The molecule has 0 radical (unpaired) electrons. The molecule has 1 saturated heterocycles. The number of nitrogens with zero attached hydrogens (tertiary/aromatic N) is 1. The maximum atomic E-state index is 13.1. The molecule has 40 heavy (non-hydrogen) atoms. The second kappa shape index (κ2) is 11.6. The average molecular weight is 544 g/mol.